The van der Waals surface area contributed by atoms with Gasteiger partial charge in [0.1, 0.15) is 5.52 Å². The van der Waals surface area contributed by atoms with Crippen LogP contribution in [0.3, 0.4) is 0 Å². The van der Waals surface area contributed by atoms with Crippen LogP contribution in [0.4, 0.5) is 11.4 Å². The van der Waals surface area contributed by atoms with Crippen LogP contribution in [0, 0.1) is 17.0 Å². The highest BCUT2D eigenvalue weighted by Gasteiger charge is 2.10. The van der Waals surface area contributed by atoms with E-state index in [2.05, 4.69) is 9.98 Å². The van der Waals surface area contributed by atoms with Crippen LogP contribution < -0.4 is 5.11 Å². The second kappa shape index (κ2) is 6.96. The van der Waals surface area contributed by atoms with Gasteiger partial charge in [-0.1, -0.05) is 29.8 Å². The molecular weight excluding hydrogens is 358 g/mol. The Hall–Kier alpha value is -4.00. The van der Waals surface area contributed by atoms with E-state index in [0.717, 1.165) is 11.1 Å². The lowest BCUT2D eigenvalue weighted by Gasteiger charge is -2.09. The van der Waals surface area contributed by atoms with Crippen LogP contribution in [-0.2, 0) is 0 Å². The number of para-hydroxylation sites is 1. The van der Waals surface area contributed by atoms with Gasteiger partial charge in [0, 0.05) is 17.8 Å². The minimum Gasteiger partial charge on any atom is -0.867 e. The molecule has 0 aliphatic carbocycles. The molecule has 0 amide bonds. The smallest absolute Gasteiger partial charge is 0.262 e. The summed E-state index contributed by atoms with van der Waals surface area (Å²) in [5, 5.41) is 22.9. The van der Waals surface area contributed by atoms with E-state index in [9.17, 15) is 15.2 Å². The molecule has 0 aliphatic heterocycles. The first-order valence-corrected chi connectivity index (χ1v) is 8.47. The molecule has 0 saturated heterocycles. The number of benzene rings is 3. The van der Waals surface area contributed by atoms with Crippen molar-refractivity contribution in [2.45, 2.75) is 6.92 Å². The number of fused-ring (bicyclic) bond motifs is 1. The van der Waals surface area contributed by atoms with Gasteiger partial charge in [0.15, 0.2) is 5.58 Å². The summed E-state index contributed by atoms with van der Waals surface area (Å²) in [7, 11) is 0. The third kappa shape index (κ3) is 3.33. The summed E-state index contributed by atoms with van der Waals surface area (Å²) in [5.41, 5.74) is 3.48. The summed E-state index contributed by atoms with van der Waals surface area (Å²) in [6.45, 7) is 2.00. The first-order chi connectivity index (χ1) is 13.5. The van der Waals surface area contributed by atoms with Gasteiger partial charge in [0.2, 0.25) is 5.89 Å². The van der Waals surface area contributed by atoms with Crippen LogP contribution in [0.2, 0.25) is 0 Å². The molecule has 0 atom stereocenters. The standard InChI is InChI=1S/C21H15N3O4/c1-13-4-2-5-14(10-13)21-23-17-11-16(8-9-19(17)28-21)22-12-15-6-3-7-18(20(15)25)24(26)27/h2-12,25H,1H3/p-1. The highest BCUT2D eigenvalue weighted by Crippen LogP contribution is 2.29. The van der Waals surface area contributed by atoms with E-state index in [0.29, 0.717) is 22.7 Å². The van der Waals surface area contributed by atoms with Crippen LogP contribution in [0.15, 0.2) is 70.1 Å². The number of oxazole rings is 1. The normalized spacial score (nSPS) is 11.3. The van der Waals surface area contributed by atoms with E-state index < -0.39 is 16.4 Å². The van der Waals surface area contributed by atoms with E-state index in [1.54, 1.807) is 18.2 Å². The molecule has 0 bridgehead atoms. The first kappa shape index (κ1) is 17.4. The molecule has 4 rings (SSSR count). The van der Waals surface area contributed by atoms with Crippen molar-refractivity contribution >= 4 is 28.7 Å². The number of aromatic nitrogens is 1. The van der Waals surface area contributed by atoms with E-state index >= 15 is 0 Å². The number of nitro benzene ring substituents is 1. The van der Waals surface area contributed by atoms with Gasteiger partial charge in [0.25, 0.3) is 5.69 Å². The van der Waals surface area contributed by atoms with Crippen LogP contribution >= 0.6 is 0 Å². The van der Waals surface area contributed by atoms with Crippen molar-refractivity contribution in [3.05, 3.63) is 81.9 Å². The van der Waals surface area contributed by atoms with Gasteiger partial charge in [-0.05, 0) is 48.6 Å². The monoisotopic (exact) mass is 372 g/mol. The Balaban J connectivity index is 1.66. The Morgan fingerprint density at radius 2 is 1.93 bits per heavy atom. The van der Waals surface area contributed by atoms with Crippen LogP contribution in [0.25, 0.3) is 22.6 Å². The lowest BCUT2D eigenvalue weighted by Crippen LogP contribution is -2.01. The Morgan fingerprint density at radius 3 is 2.71 bits per heavy atom. The number of aliphatic imine (C=N–C) groups is 1. The highest BCUT2D eigenvalue weighted by molar-refractivity contribution is 5.88. The minimum absolute atomic E-state index is 0.148. The molecule has 28 heavy (non-hydrogen) atoms. The van der Waals surface area contributed by atoms with Crippen LogP contribution in [-0.4, -0.2) is 16.1 Å². The fraction of sp³-hybridized carbons (Fsp3) is 0.0476. The first-order valence-electron chi connectivity index (χ1n) is 8.47. The SMILES string of the molecule is Cc1cccc(-c2nc3cc(N=Cc4cccc([N+](=O)[O-])c4[O-])ccc3o2)c1. The summed E-state index contributed by atoms with van der Waals surface area (Å²) < 4.78 is 5.80. The van der Waals surface area contributed by atoms with Crippen molar-refractivity contribution in [1.29, 1.82) is 0 Å². The molecule has 0 saturated carbocycles. The molecule has 138 valence electrons. The number of rotatable bonds is 4. The maximum Gasteiger partial charge on any atom is 0.262 e. The second-order valence-corrected chi connectivity index (χ2v) is 6.25. The number of aryl methyl sites for hydroxylation is 1. The van der Waals surface area contributed by atoms with Crippen molar-refractivity contribution < 1.29 is 14.4 Å². The van der Waals surface area contributed by atoms with Crippen molar-refractivity contribution in [3.8, 4) is 17.2 Å². The minimum atomic E-state index is -0.700. The van der Waals surface area contributed by atoms with Crippen molar-refractivity contribution in [2.75, 3.05) is 0 Å². The van der Waals surface area contributed by atoms with Gasteiger partial charge < -0.3 is 9.52 Å². The molecule has 1 heterocycles. The molecule has 0 spiro atoms. The fourth-order valence-corrected chi connectivity index (χ4v) is 2.83. The summed E-state index contributed by atoms with van der Waals surface area (Å²) >= 11 is 0. The number of nitrogens with zero attached hydrogens (tertiary/aromatic N) is 3. The van der Waals surface area contributed by atoms with Gasteiger partial charge in [-0.3, -0.25) is 15.1 Å². The molecule has 0 aliphatic rings. The molecule has 0 radical (unpaired) electrons. The molecule has 0 N–H and O–H groups in total. The summed E-state index contributed by atoms with van der Waals surface area (Å²) in [5.74, 6) is -0.152. The van der Waals surface area contributed by atoms with E-state index in [1.165, 1.54) is 24.4 Å². The fourth-order valence-electron chi connectivity index (χ4n) is 2.83. The molecule has 4 aromatic rings. The van der Waals surface area contributed by atoms with Crippen molar-refractivity contribution in [2.24, 2.45) is 4.99 Å². The van der Waals surface area contributed by atoms with Crippen molar-refractivity contribution in [3.63, 3.8) is 0 Å². The Bertz CT molecular complexity index is 1230. The lowest BCUT2D eigenvalue weighted by molar-refractivity contribution is -0.398. The van der Waals surface area contributed by atoms with Gasteiger partial charge in [-0.25, -0.2) is 4.98 Å². The number of nitro groups is 1. The van der Waals surface area contributed by atoms with Crippen LogP contribution in [0.1, 0.15) is 11.1 Å². The zero-order chi connectivity index (χ0) is 19.7. The summed E-state index contributed by atoms with van der Waals surface area (Å²) in [6.07, 6.45) is 1.32. The molecule has 0 unspecified atom stereocenters. The van der Waals surface area contributed by atoms with Gasteiger partial charge >= 0.3 is 0 Å². The summed E-state index contributed by atoms with van der Waals surface area (Å²) in [4.78, 5) is 18.9. The maximum absolute atomic E-state index is 12.1. The zero-order valence-corrected chi connectivity index (χ0v) is 14.8. The molecule has 7 heteroatoms. The second-order valence-electron chi connectivity index (χ2n) is 6.25. The zero-order valence-electron chi connectivity index (χ0n) is 14.8. The van der Waals surface area contributed by atoms with Crippen molar-refractivity contribution in [1.82, 2.24) is 4.98 Å². The third-order valence-corrected chi connectivity index (χ3v) is 4.21. The molecule has 0 fully saturated rings. The maximum atomic E-state index is 12.1. The molecule has 7 nitrogen and oxygen atoms in total. The van der Waals surface area contributed by atoms with Crippen LogP contribution in [0.5, 0.6) is 5.75 Å². The highest BCUT2D eigenvalue weighted by atomic mass is 16.6. The van der Waals surface area contributed by atoms with E-state index in [4.69, 9.17) is 4.42 Å². The molecule has 1 aromatic heterocycles. The Kier molecular flexibility index (Phi) is 4.33. The topological polar surface area (TPSA) is 105 Å². The predicted molar refractivity (Wildman–Crippen MR) is 104 cm³/mol. The molecule has 3 aromatic carbocycles. The quantitative estimate of drug-likeness (QED) is 0.297. The predicted octanol–water partition coefficient (Wildman–Crippen LogP) is 4.54. The molecular formula is C21H14N3O4-. The van der Waals surface area contributed by atoms with E-state index in [1.807, 2.05) is 31.2 Å². The Morgan fingerprint density at radius 1 is 1.11 bits per heavy atom. The van der Waals surface area contributed by atoms with E-state index in [-0.39, 0.29) is 5.56 Å². The Labute approximate surface area is 159 Å². The van der Waals surface area contributed by atoms with Gasteiger partial charge in [0.05, 0.1) is 10.6 Å². The lowest BCUT2D eigenvalue weighted by atomic mass is 10.1. The van der Waals surface area contributed by atoms with Gasteiger partial charge in [-0.15, -0.1) is 0 Å². The largest absolute Gasteiger partial charge is 0.867 e. The average molecular weight is 372 g/mol. The number of hydrogen-bond acceptors (Lipinski definition) is 6. The third-order valence-electron chi connectivity index (χ3n) is 4.21. The number of hydrogen-bond donors (Lipinski definition) is 0. The average Bonchev–Trinajstić information content (AvgIpc) is 3.10. The van der Waals surface area contributed by atoms with Gasteiger partial charge in [-0.2, -0.15) is 0 Å². The summed E-state index contributed by atoms with van der Waals surface area (Å²) in [6, 6.07) is 17.2.